The van der Waals surface area contributed by atoms with Crippen molar-refractivity contribution in [2.24, 2.45) is 0 Å². The maximum Gasteiger partial charge on any atom is 0.407 e. The number of nitrogens with zero attached hydrogens (tertiary/aromatic N) is 1. The average molecular weight is 470 g/mol. The molecule has 8 nitrogen and oxygen atoms in total. The number of halogens is 1. The van der Waals surface area contributed by atoms with Crippen LogP contribution >= 0.6 is 0 Å². The number of hydrogen-bond donors (Lipinski definition) is 2. The van der Waals surface area contributed by atoms with E-state index in [-0.39, 0.29) is 25.1 Å². The standard InChI is InChI=1S/C25H28FN3O5/c1-18-11-13-20(14-12-18)25(26,17-27)23(31)29-21(22(30)33-2)10-6-7-15-28-24(32)34-16-19-8-4-3-5-9-19/h3-5,8-9,11-14,21H,6-7,10,15-16H2,1-2H3,(H,28,32)(H,29,31)/t21-,25?/m0/s1. The number of amides is 2. The summed E-state index contributed by atoms with van der Waals surface area (Å²) in [6.07, 6.45) is 0.445. The molecule has 0 saturated carbocycles. The van der Waals surface area contributed by atoms with Crippen molar-refractivity contribution >= 4 is 18.0 Å². The number of rotatable bonds is 11. The Balaban J connectivity index is 1.83. The van der Waals surface area contributed by atoms with E-state index in [9.17, 15) is 19.6 Å². The molecule has 0 saturated heterocycles. The first-order chi connectivity index (χ1) is 16.3. The Bertz CT molecular complexity index is 1010. The van der Waals surface area contributed by atoms with Gasteiger partial charge in [-0.2, -0.15) is 5.26 Å². The van der Waals surface area contributed by atoms with Crippen LogP contribution in [-0.2, 0) is 31.3 Å². The van der Waals surface area contributed by atoms with Crippen molar-refractivity contribution < 1.29 is 28.2 Å². The van der Waals surface area contributed by atoms with Gasteiger partial charge in [0.05, 0.1) is 7.11 Å². The second-order valence-corrected chi connectivity index (χ2v) is 7.67. The monoisotopic (exact) mass is 469 g/mol. The van der Waals surface area contributed by atoms with Crippen LogP contribution in [0.3, 0.4) is 0 Å². The smallest absolute Gasteiger partial charge is 0.407 e. The van der Waals surface area contributed by atoms with E-state index in [1.807, 2.05) is 30.3 Å². The number of alkyl halides is 1. The number of aryl methyl sites for hydroxylation is 1. The van der Waals surface area contributed by atoms with Gasteiger partial charge in [0.15, 0.2) is 0 Å². The fraction of sp³-hybridized carbons (Fsp3) is 0.360. The lowest BCUT2D eigenvalue weighted by Crippen LogP contribution is -2.48. The van der Waals surface area contributed by atoms with Gasteiger partial charge in [0.25, 0.3) is 11.6 Å². The maximum atomic E-state index is 15.2. The minimum Gasteiger partial charge on any atom is -0.467 e. The first-order valence-electron chi connectivity index (χ1n) is 10.8. The molecule has 1 unspecified atom stereocenters. The molecule has 0 aliphatic heterocycles. The molecule has 9 heteroatoms. The molecule has 0 aliphatic carbocycles. The van der Waals surface area contributed by atoms with E-state index in [1.54, 1.807) is 19.1 Å². The molecule has 2 aromatic rings. The van der Waals surface area contributed by atoms with Crippen molar-refractivity contribution in [2.75, 3.05) is 13.7 Å². The number of nitriles is 1. The Kier molecular flexibility index (Phi) is 10.0. The van der Waals surface area contributed by atoms with Gasteiger partial charge < -0.3 is 20.1 Å². The van der Waals surface area contributed by atoms with E-state index < -0.39 is 29.7 Å². The van der Waals surface area contributed by atoms with Crippen LogP contribution in [0, 0.1) is 18.3 Å². The molecule has 0 aromatic heterocycles. The molecule has 2 atom stereocenters. The van der Waals surface area contributed by atoms with Crippen molar-refractivity contribution in [1.82, 2.24) is 10.6 Å². The van der Waals surface area contributed by atoms with Gasteiger partial charge in [-0.25, -0.2) is 14.0 Å². The van der Waals surface area contributed by atoms with Gasteiger partial charge in [0.2, 0.25) is 0 Å². The van der Waals surface area contributed by atoms with Gasteiger partial charge >= 0.3 is 12.1 Å². The van der Waals surface area contributed by atoms with Crippen LogP contribution in [0.1, 0.15) is 36.0 Å². The van der Waals surface area contributed by atoms with Crippen molar-refractivity contribution in [3.63, 3.8) is 0 Å². The Hall–Kier alpha value is -3.93. The number of nitrogens with one attached hydrogen (secondary N) is 2. The minimum atomic E-state index is -2.95. The fourth-order valence-electron chi connectivity index (χ4n) is 3.12. The van der Waals surface area contributed by atoms with Crippen LogP contribution in [0.5, 0.6) is 0 Å². The van der Waals surface area contributed by atoms with Crippen molar-refractivity contribution in [2.45, 2.75) is 44.5 Å². The number of esters is 1. The van der Waals surface area contributed by atoms with Crippen LogP contribution in [-0.4, -0.2) is 37.7 Å². The van der Waals surface area contributed by atoms with Crippen LogP contribution < -0.4 is 10.6 Å². The highest BCUT2D eigenvalue weighted by molar-refractivity contribution is 5.92. The van der Waals surface area contributed by atoms with Gasteiger partial charge in [-0.1, -0.05) is 60.2 Å². The quantitative estimate of drug-likeness (QED) is 0.385. The molecule has 0 aliphatic rings. The molecule has 34 heavy (non-hydrogen) atoms. The van der Waals surface area contributed by atoms with Crippen LogP contribution in [0.25, 0.3) is 0 Å². The molecule has 0 radical (unpaired) electrons. The molecule has 180 valence electrons. The molecular weight excluding hydrogens is 441 g/mol. The second-order valence-electron chi connectivity index (χ2n) is 7.67. The molecule has 0 fully saturated rings. The number of carbonyl (C=O) groups is 3. The zero-order valence-corrected chi connectivity index (χ0v) is 19.2. The molecule has 0 heterocycles. The van der Waals surface area contributed by atoms with E-state index in [0.717, 1.165) is 18.2 Å². The number of methoxy groups -OCH3 is 1. The second kappa shape index (κ2) is 12.9. The highest BCUT2D eigenvalue weighted by Crippen LogP contribution is 2.26. The van der Waals surface area contributed by atoms with Crippen molar-refractivity contribution in [3.8, 4) is 6.07 Å². The molecular formula is C25H28FN3O5. The summed E-state index contributed by atoms with van der Waals surface area (Å²) in [6, 6.07) is 15.4. The lowest BCUT2D eigenvalue weighted by molar-refractivity contribution is -0.146. The van der Waals surface area contributed by atoms with Crippen LogP contribution in [0.4, 0.5) is 9.18 Å². The highest BCUT2D eigenvalue weighted by atomic mass is 19.1. The number of carbonyl (C=O) groups excluding carboxylic acids is 3. The number of alkyl carbamates (subject to hydrolysis) is 1. The number of ether oxygens (including phenoxy) is 2. The zero-order chi connectivity index (χ0) is 25.0. The van der Waals surface area contributed by atoms with Crippen molar-refractivity contribution in [1.29, 1.82) is 5.26 Å². The summed E-state index contributed by atoms with van der Waals surface area (Å²) < 4.78 is 25.1. The Morgan fingerprint density at radius 3 is 2.38 bits per heavy atom. The summed E-state index contributed by atoms with van der Waals surface area (Å²) >= 11 is 0. The van der Waals surface area contributed by atoms with Crippen molar-refractivity contribution in [3.05, 3.63) is 71.3 Å². The Morgan fingerprint density at radius 1 is 1.09 bits per heavy atom. The van der Waals surface area contributed by atoms with Crippen LogP contribution in [0.15, 0.2) is 54.6 Å². The number of hydrogen-bond acceptors (Lipinski definition) is 6. The minimum absolute atomic E-state index is 0.125. The van der Waals surface area contributed by atoms with Gasteiger partial charge in [-0.15, -0.1) is 0 Å². The summed E-state index contributed by atoms with van der Waals surface area (Å²) in [4.78, 5) is 36.5. The van der Waals surface area contributed by atoms with Gasteiger partial charge in [-0.3, -0.25) is 4.79 Å². The third kappa shape index (κ3) is 7.59. The van der Waals surface area contributed by atoms with E-state index in [0.29, 0.717) is 12.8 Å². The molecule has 2 amide bonds. The van der Waals surface area contributed by atoms with E-state index in [1.165, 1.54) is 18.2 Å². The number of benzene rings is 2. The average Bonchev–Trinajstić information content (AvgIpc) is 2.86. The molecule has 0 bridgehead atoms. The first-order valence-corrected chi connectivity index (χ1v) is 10.8. The molecule has 2 rings (SSSR count). The van der Waals surface area contributed by atoms with Gasteiger partial charge in [-0.05, 0) is 31.7 Å². The summed E-state index contributed by atoms with van der Waals surface area (Å²) in [5, 5.41) is 14.2. The normalized spacial score (nSPS) is 13.0. The van der Waals surface area contributed by atoms with Crippen LogP contribution in [0.2, 0.25) is 0 Å². The SMILES string of the molecule is COC(=O)[C@H](CCCCNC(=O)OCc1ccccc1)NC(=O)C(F)(C#N)c1ccc(C)cc1. The maximum absolute atomic E-state index is 15.2. The third-order valence-electron chi connectivity index (χ3n) is 5.11. The molecule has 2 N–H and O–H groups in total. The Labute approximate surface area is 198 Å². The highest BCUT2D eigenvalue weighted by Gasteiger charge is 2.42. The summed E-state index contributed by atoms with van der Waals surface area (Å²) in [5.74, 6) is -2.00. The molecule has 0 spiro atoms. The fourth-order valence-corrected chi connectivity index (χ4v) is 3.12. The predicted octanol–water partition coefficient (Wildman–Crippen LogP) is 3.44. The van der Waals surface area contributed by atoms with Gasteiger partial charge in [0, 0.05) is 12.1 Å². The van der Waals surface area contributed by atoms with E-state index in [4.69, 9.17) is 9.47 Å². The first kappa shape index (κ1) is 26.3. The largest absolute Gasteiger partial charge is 0.467 e. The van der Waals surface area contributed by atoms with Gasteiger partial charge in [0.1, 0.15) is 18.7 Å². The summed E-state index contributed by atoms with van der Waals surface area (Å²) in [5.41, 5.74) is -1.38. The molecule has 2 aromatic carbocycles. The topological polar surface area (TPSA) is 118 Å². The number of unbranched alkanes of at least 4 members (excludes halogenated alkanes) is 1. The van der Waals surface area contributed by atoms with E-state index >= 15 is 4.39 Å². The Morgan fingerprint density at radius 2 is 1.76 bits per heavy atom. The third-order valence-corrected chi connectivity index (χ3v) is 5.11. The lowest BCUT2D eigenvalue weighted by atomic mass is 9.94. The summed E-state index contributed by atoms with van der Waals surface area (Å²) in [7, 11) is 1.15. The lowest BCUT2D eigenvalue weighted by Gasteiger charge is -2.22. The summed E-state index contributed by atoms with van der Waals surface area (Å²) in [6.45, 7) is 2.22. The zero-order valence-electron chi connectivity index (χ0n) is 19.2. The van der Waals surface area contributed by atoms with E-state index in [2.05, 4.69) is 10.6 Å². The predicted molar refractivity (Wildman–Crippen MR) is 122 cm³/mol.